The topological polar surface area (TPSA) is 55.0 Å². The molecule has 1 aliphatic heterocycles. The minimum atomic E-state index is 0.395. The molecule has 4 heteroatoms. The maximum absolute atomic E-state index is 6.01. The van der Waals surface area contributed by atoms with Gasteiger partial charge in [0.15, 0.2) is 0 Å². The molecule has 0 radical (unpaired) electrons. The van der Waals surface area contributed by atoms with Crippen molar-refractivity contribution in [3.05, 3.63) is 30.6 Å². The van der Waals surface area contributed by atoms with Crippen LogP contribution in [0.2, 0.25) is 0 Å². The van der Waals surface area contributed by atoms with Gasteiger partial charge >= 0.3 is 0 Å². The number of rotatable bonds is 3. The van der Waals surface area contributed by atoms with Crippen LogP contribution in [0.3, 0.4) is 0 Å². The number of fused-ring (bicyclic) bond motifs is 1. The molecule has 1 saturated heterocycles. The largest absolute Gasteiger partial charge is 0.352 e. The highest BCUT2D eigenvalue weighted by atomic mass is 15.2. The SMILES string of the molecule is CCC1CCN(c2ncnc3ccccc23)C(CN)C1. The first-order valence-corrected chi connectivity index (χ1v) is 7.50. The Balaban J connectivity index is 1.97. The number of para-hydroxylation sites is 1. The summed E-state index contributed by atoms with van der Waals surface area (Å²) < 4.78 is 0. The highest BCUT2D eigenvalue weighted by Crippen LogP contribution is 2.31. The van der Waals surface area contributed by atoms with E-state index in [4.69, 9.17) is 5.73 Å². The Hall–Kier alpha value is -1.68. The highest BCUT2D eigenvalue weighted by Gasteiger charge is 2.28. The third-order valence-corrected chi connectivity index (χ3v) is 4.47. The summed E-state index contributed by atoms with van der Waals surface area (Å²) in [6.45, 7) is 4.00. The molecule has 0 bridgehead atoms. The van der Waals surface area contributed by atoms with Crippen LogP contribution in [0.1, 0.15) is 26.2 Å². The van der Waals surface area contributed by atoms with Gasteiger partial charge in [0.1, 0.15) is 12.1 Å². The maximum atomic E-state index is 6.01. The fraction of sp³-hybridized carbons (Fsp3) is 0.500. The molecule has 2 unspecified atom stereocenters. The summed E-state index contributed by atoms with van der Waals surface area (Å²) in [7, 11) is 0. The molecule has 1 aromatic carbocycles. The first kappa shape index (κ1) is 13.3. The van der Waals surface area contributed by atoms with Crippen LogP contribution < -0.4 is 10.6 Å². The van der Waals surface area contributed by atoms with Crippen molar-refractivity contribution in [3.63, 3.8) is 0 Å². The molecule has 4 nitrogen and oxygen atoms in total. The predicted octanol–water partition coefficient (Wildman–Crippen LogP) is 2.58. The molecule has 0 aliphatic carbocycles. The fourth-order valence-electron chi connectivity index (χ4n) is 3.23. The molecule has 3 rings (SSSR count). The van der Waals surface area contributed by atoms with Gasteiger partial charge in [-0.15, -0.1) is 0 Å². The van der Waals surface area contributed by atoms with Gasteiger partial charge in [-0.3, -0.25) is 0 Å². The number of anilines is 1. The average molecular weight is 270 g/mol. The zero-order valence-corrected chi connectivity index (χ0v) is 12.0. The zero-order chi connectivity index (χ0) is 13.9. The minimum Gasteiger partial charge on any atom is -0.352 e. The molecule has 106 valence electrons. The number of aromatic nitrogens is 2. The van der Waals surface area contributed by atoms with Crippen molar-refractivity contribution in [3.8, 4) is 0 Å². The molecule has 0 amide bonds. The van der Waals surface area contributed by atoms with Crippen molar-refractivity contribution in [1.82, 2.24) is 9.97 Å². The third-order valence-electron chi connectivity index (χ3n) is 4.47. The Kier molecular flexibility index (Phi) is 3.83. The second kappa shape index (κ2) is 5.75. The molecule has 2 atom stereocenters. The van der Waals surface area contributed by atoms with Crippen LogP contribution >= 0.6 is 0 Å². The zero-order valence-electron chi connectivity index (χ0n) is 12.0. The molecular formula is C16H22N4. The first-order chi connectivity index (χ1) is 9.83. The van der Waals surface area contributed by atoms with E-state index in [1.54, 1.807) is 6.33 Å². The monoisotopic (exact) mass is 270 g/mol. The van der Waals surface area contributed by atoms with Crippen LogP contribution in [0.4, 0.5) is 5.82 Å². The van der Waals surface area contributed by atoms with Gasteiger partial charge in [0.05, 0.1) is 5.52 Å². The Morgan fingerprint density at radius 1 is 1.30 bits per heavy atom. The number of benzene rings is 1. The van der Waals surface area contributed by atoms with E-state index in [-0.39, 0.29) is 0 Å². The summed E-state index contributed by atoms with van der Waals surface area (Å²) in [6, 6.07) is 8.60. The Morgan fingerprint density at radius 2 is 2.15 bits per heavy atom. The van der Waals surface area contributed by atoms with Crippen LogP contribution in [0.25, 0.3) is 10.9 Å². The van der Waals surface area contributed by atoms with Gasteiger partial charge in [-0.25, -0.2) is 9.97 Å². The fourth-order valence-corrected chi connectivity index (χ4v) is 3.23. The first-order valence-electron chi connectivity index (χ1n) is 7.50. The van der Waals surface area contributed by atoms with Crippen LogP contribution in [-0.2, 0) is 0 Å². The lowest BCUT2D eigenvalue weighted by Gasteiger charge is -2.40. The highest BCUT2D eigenvalue weighted by molar-refractivity contribution is 5.89. The molecule has 2 aromatic rings. The molecule has 1 fully saturated rings. The smallest absolute Gasteiger partial charge is 0.140 e. The van der Waals surface area contributed by atoms with Crippen molar-refractivity contribution in [2.75, 3.05) is 18.0 Å². The molecule has 2 N–H and O–H groups in total. The van der Waals surface area contributed by atoms with Crippen molar-refractivity contribution in [2.24, 2.45) is 11.7 Å². The van der Waals surface area contributed by atoms with Gasteiger partial charge in [0, 0.05) is 24.5 Å². The number of hydrogen-bond acceptors (Lipinski definition) is 4. The van der Waals surface area contributed by atoms with E-state index in [0.29, 0.717) is 12.6 Å². The normalized spacial score (nSPS) is 23.2. The van der Waals surface area contributed by atoms with E-state index in [1.165, 1.54) is 19.3 Å². The van der Waals surface area contributed by atoms with E-state index >= 15 is 0 Å². The van der Waals surface area contributed by atoms with Gasteiger partial charge in [-0.1, -0.05) is 25.5 Å². The number of nitrogens with zero attached hydrogens (tertiary/aromatic N) is 3. The molecule has 1 aromatic heterocycles. The Labute approximate surface area is 120 Å². The lowest BCUT2D eigenvalue weighted by atomic mass is 9.88. The molecule has 0 spiro atoms. The molecular weight excluding hydrogens is 248 g/mol. The van der Waals surface area contributed by atoms with E-state index in [1.807, 2.05) is 18.2 Å². The molecule has 2 heterocycles. The lowest BCUT2D eigenvalue weighted by Crippen LogP contribution is -2.47. The Morgan fingerprint density at radius 3 is 2.95 bits per heavy atom. The van der Waals surface area contributed by atoms with E-state index in [9.17, 15) is 0 Å². The quantitative estimate of drug-likeness (QED) is 0.931. The van der Waals surface area contributed by atoms with Gasteiger partial charge in [-0.2, -0.15) is 0 Å². The second-order valence-corrected chi connectivity index (χ2v) is 5.60. The number of hydrogen-bond donors (Lipinski definition) is 1. The average Bonchev–Trinajstić information content (AvgIpc) is 2.53. The van der Waals surface area contributed by atoms with Gasteiger partial charge in [0.2, 0.25) is 0 Å². The van der Waals surface area contributed by atoms with Crippen molar-refractivity contribution < 1.29 is 0 Å². The van der Waals surface area contributed by atoms with E-state index in [2.05, 4.69) is 27.9 Å². The summed E-state index contributed by atoms with van der Waals surface area (Å²) in [5.74, 6) is 1.84. The summed E-state index contributed by atoms with van der Waals surface area (Å²) in [5, 5.41) is 1.13. The maximum Gasteiger partial charge on any atom is 0.140 e. The minimum absolute atomic E-state index is 0.395. The van der Waals surface area contributed by atoms with Gasteiger partial charge < -0.3 is 10.6 Å². The van der Waals surface area contributed by atoms with Crippen LogP contribution in [0.15, 0.2) is 30.6 Å². The van der Waals surface area contributed by atoms with E-state index < -0.39 is 0 Å². The molecule has 20 heavy (non-hydrogen) atoms. The van der Waals surface area contributed by atoms with Crippen molar-refractivity contribution >= 4 is 16.7 Å². The third kappa shape index (κ3) is 2.36. The van der Waals surface area contributed by atoms with Crippen molar-refractivity contribution in [2.45, 2.75) is 32.2 Å². The summed E-state index contributed by atoms with van der Waals surface area (Å²) >= 11 is 0. The summed E-state index contributed by atoms with van der Waals surface area (Å²) in [6.07, 6.45) is 5.31. The summed E-state index contributed by atoms with van der Waals surface area (Å²) in [4.78, 5) is 11.3. The van der Waals surface area contributed by atoms with E-state index in [0.717, 1.165) is 29.2 Å². The van der Waals surface area contributed by atoms with Crippen LogP contribution in [-0.4, -0.2) is 29.1 Å². The van der Waals surface area contributed by atoms with Gasteiger partial charge in [-0.05, 0) is 30.9 Å². The summed E-state index contributed by atoms with van der Waals surface area (Å²) in [5.41, 5.74) is 7.01. The molecule has 1 aliphatic rings. The number of nitrogens with two attached hydrogens (primary N) is 1. The van der Waals surface area contributed by atoms with Crippen LogP contribution in [0, 0.1) is 5.92 Å². The molecule has 0 saturated carbocycles. The van der Waals surface area contributed by atoms with Gasteiger partial charge in [0.25, 0.3) is 0 Å². The standard InChI is InChI=1S/C16H22N4/c1-2-12-7-8-20(13(9-12)10-17)16-14-5-3-4-6-15(14)18-11-19-16/h3-6,11-13H,2,7-10,17H2,1H3. The van der Waals surface area contributed by atoms with Crippen molar-refractivity contribution in [1.29, 1.82) is 0 Å². The lowest BCUT2D eigenvalue weighted by molar-refractivity contribution is 0.335. The number of piperidine rings is 1. The van der Waals surface area contributed by atoms with Crippen LogP contribution in [0.5, 0.6) is 0 Å². The second-order valence-electron chi connectivity index (χ2n) is 5.60. The predicted molar refractivity (Wildman–Crippen MR) is 82.7 cm³/mol. The Bertz CT molecular complexity index is 578.